The number of amides is 1. The summed E-state index contributed by atoms with van der Waals surface area (Å²) in [5.41, 5.74) is 2.33. The number of aliphatic carboxylic acids is 1. The van der Waals surface area contributed by atoms with E-state index in [4.69, 9.17) is 0 Å². The minimum Gasteiger partial charge on any atom is -0.478 e. The fourth-order valence-corrected chi connectivity index (χ4v) is 3.37. The number of anilines is 2. The van der Waals surface area contributed by atoms with Gasteiger partial charge in [0.25, 0.3) is 5.91 Å². The van der Waals surface area contributed by atoms with Crippen LogP contribution in [0.1, 0.15) is 12.5 Å². The maximum absolute atomic E-state index is 12.9. The van der Waals surface area contributed by atoms with Gasteiger partial charge in [0.05, 0.1) is 16.9 Å². The Morgan fingerprint density at radius 1 is 1.00 bits per heavy atom. The summed E-state index contributed by atoms with van der Waals surface area (Å²) in [6, 6.07) is 16.5. The Hall–Kier alpha value is -3.12. The number of carboxylic acid groups (broad SMARTS) is 1. The average molecular weight is 379 g/mol. The van der Waals surface area contributed by atoms with E-state index in [9.17, 15) is 14.7 Å². The molecule has 1 aliphatic heterocycles. The van der Waals surface area contributed by atoms with Crippen molar-refractivity contribution in [3.05, 3.63) is 66.2 Å². The number of piperazine rings is 1. The SMILES string of the molecule is CCN1CCN(c2ccccc2NC(=O)/C(=C/C(=O)O)c2ccccc2)CC1. The van der Waals surface area contributed by atoms with Crippen LogP contribution in [0, 0.1) is 0 Å². The first-order valence-corrected chi connectivity index (χ1v) is 9.46. The summed E-state index contributed by atoms with van der Waals surface area (Å²) in [5.74, 6) is -1.59. The van der Waals surface area contributed by atoms with Gasteiger partial charge < -0.3 is 20.2 Å². The molecule has 0 atom stereocenters. The van der Waals surface area contributed by atoms with Gasteiger partial charge in [0, 0.05) is 32.3 Å². The Bertz CT molecular complexity index is 856. The molecule has 0 aromatic heterocycles. The lowest BCUT2D eigenvalue weighted by Gasteiger charge is -2.36. The summed E-state index contributed by atoms with van der Waals surface area (Å²) >= 11 is 0. The molecule has 0 saturated carbocycles. The molecule has 1 amide bonds. The summed E-state index contributed by atoms with van der Waals surface area (Å²) in [4.78, 5) is 28.8. The monoisotopic (exact) mass is 379 g/mol. The van der Waals surface area contributed by atoms with Gasteiger partial charge >= 0.3 is 5.97 Å². The average Bonchev–Trinajstić information content (AvgIpc) is 2.73. The molecule has 0 aliphatic carbocycles. The lowest BCUT2D eigenvalue weighted by atomic mass is 10.0. The lowest BCUT2D eigenvalue weighted by molar-refractivity contribution is -0.131. The van der Waals surface area contributed by atoms with E-state index < -0.39 is 11.9 Å². The maximum Gasteiger partial charge on any atom is 0.329 e. The van der Waals surface area contributed by atoms with Crippen LogP contribution in [0.15, 0.2) is 60.7 Å². The van der Waals surface area contributed by atoms with E-state index in [0.717, 1.165) is 44.5 Å². The van der Waals surface area contributed by atoms with Gasteiger partial charge in [-0.3, -0.25) is 4.79 Å². The Balaban J connectivity index is 1.83. The Labute approximate surface area is 165 Å². The fourth-order valence-electron chi connectivity index (χ4n) is 3.37. The zero-order chi connectivity index (χ0) is 19.9. The van der Waals surface area contributed by atoms with Crippen LogP contribution in [0.25, 0.3) is 5.57 Å². The molecule has 6 heteroatoms. The quantitative estimate of drug-likeness (QED) is 0.755. The van der Waals surface area contributed by atoms with Crippen LogP contribution in [0.3, 0.4) is 0 Å². The van der Waals surface area contributed by atoms with Gasteiger partial charge in [-0.2, -0.15) is 0 Å². The first-order chi connectivity index (χ1) is 13.6. The van der Waals surface area contributed by atoms with Crippen LogP contribution in [-0.2, 0) is 9.59 Å². The number of nitrogens with zero attached hydrogens (tertiary/aromatic N) is 2. The number of carboxylic acids is 1. The van der Waals surface area contributed by atoms with Gasteiger partial charge in [-0.25, -0.2) is 4.79 Å². The zero-order valence-electron chi connectivity index (χ0n) is 16.0. The number of nitrogens with one attached hydrogen (secondary N) is 1. The second-order valence-electron chi connectivity index (χ2n) is 6.65. The van der Waals surface area contributed by atoms with E-state index >= 15 is 0 Å². The summed E-state index contributed by atoms with van der Waals surface area (Å²) in [7, 11) is 0. The number of carbonyl (C=O) groups is 2. The minimum absolute atomic E-state index is 0.124. The third-order valence-corrected chi connectivity index (χ3v) is 4.91. The van der Waals surface area contributed by atoms with E-state index in [0.29, 0.717) is 11.3 Å². The van der Waals surface area contributed by atoms with Crippen molar-refractivity contribution in [2.75, 3.05) is 42.9 Å². The van der Waals surface area contributed by atoms with Crippen LogP contribution < -0.4 is 10.2 Å². The Morgan fingerprint density at radius 2 is 1.64 bits per heavy atom. The molecule has 2 aromatic rings. The van der Waals surface area contributed by atoms with Crippen molar-refractivity contribution in [1.82, 2.24) is 4.90 Å². The van der Waals surface area contributed by atoms with Gasteiger partial charge in [0.2, 0.25) is 0 Å². The molecular formula is C22H25N3O3. The normalized spacial score (nSPS) is 15.3. The maximum atomic E-state index is 12.9. The standard InChI is InChI=1S/C22H25N3O3/c1-2-24-12-14-25(15-13-24)20-11-7-6-10-19(20)23-22(28)18(16-21(26)27)17-8-4-3-5-9-17/h3-11,16H,2,12-15H2,1H3,(H,23,28)(H,26,27)/b18-16+. The molecule has 2 N–H and O–H groups in total. The van der Waals surface area contributed by atoms with Crippen molar-refractivity contribution in [2.45, 2.75) is 6.92 Å². The number of hydrogen-bond acceptors (Lipinski definition) is 4. The molecule has 6 nitrogen and oxygen atoms in total. The van der Waals surface area contributed by atoms with E-state index in [1.54, 1.807) is 24.3 Å². The number of carbonyl (C=O) groups excluding carboxylic acids is 1. The lowest BCUT2D eigenvalue weighted by Crippen LogP contribution is -2.46. The van der Waals surface area contributed by atoms with E-state index in [1.807, 2.05) is 30.3 Å². The fraction of sp³-hybridized carbons (Fsp3) is 0.273. The molecule has 28 heavy (non-hydrogen) atoms. The molecule has 1 aliphatic rings. The van der Waals surface area contributed by atoms with Crippen molar-refractivity contribution in [3.63, 3.8) is 0 Å². The van der Waals surface area contributed by atoms with Crippen molar-refractivity contribution in [3.8, 4) is 0 Å². The molecule has 0 spiro atoms. The van der Waals surface area contributed by atoms with Gasteiger partial charge in [0.15, 0.2) is 0 Å². The highest BCUT2D eigenvalue weighted by atomic mass is 16.4. The molecule has 146 valence electrons. The van der Waals surface area contributed by atoms with Crippen molar-refractivity contribution >= 4 is 28.8 Å². The number of hydrogen-bond donors (Lipinski definition) is 2. The molecule has 0 radical (unpaired) electrons. The minimum atomic E-state index is -1.15. The molecular weight excluding hydrogens is 354 g/mol. The highest BCUT2D eigenvalue weighted by molar-refractivity contribution is 6.28. The van der Waals surface area contributed by atoms with Crippen molar-refractivity contribution in [2.24, 2.45) is 0 Å². The molecule has 1 fully saturated rings. The highest BCUT2D eigenvalue weighted by Crippen LogP contribution is 2.28. The predicted molar refractivity (Wildman–Crippen MR) is 111 cm³/mol. The number of benzene rings is 2. The smallest absolute Gasteiger partial charge is 0.329 e. The van der Waals surface area contributed by atoms with Gasteiger partial charge in [0.1, 0.15) is 0 Å². The summed E-state index contributed by atoms with van der Waals surface area (Å²) in [6.07, 6.45) is 0.952. The van der Waals surface area contributed by atoms with Crippen LogP contribution in [0.5, 0.6) is 0 Å². The van der Waals surface area contributed by atoms with Crippen molar-refractivity contribution < 1.29 is 14.7 Å². The van der Waals surface area contributed by atoms with Crippen molar-refractivity contribution in [1.29, 1.82) is 0 Å². The summed E-state index contributed by atoms with van der Waals surface area (Å²) < 4.78 is 0. The highest BCUT2D eigenvalue weighted by Gasteiger charge is 2.20. The second-order valence-corrected chi connectivity index (χ2v) is 6.65. The predicted octanol–water partition coefficient (Wildman–Crippen LogP) is 2.94. The first-order valence-electron chi connectivity index (χ1n) is 9.46. The van der Waals surface area contributed by atoms with E-state index in [2.05, 4.69) is 22.0 Å². The number of likely N-dealkylation sites (N-methyl/N-ethyl adjacent to an activating group) is 1. The Kier molecular flexibility index (Phi) is 6.45. The molecule has 1 heterocycles. The van der Waals surface area contributed by atoms with Crippen LogP contribution in [-0.4, -0.2) is 54.6 Å². The van der Waals surface area contributed by atoms with Gasteiger partial charge in [-0.05, 0) is 24.2 Å². The third kappa shape index (κ3) is 4.78. The summed E-state index contributed by atoms with van der Waals surface area (Å²) in [5, 5.41) is 12.1. The molecule has 0 unspecified atom stereocenters. The van der Waals surface area contributed by atoms with E-state index in [1.165, 1.54) is 0 Å². The first kappa shape index (κ1) is 19.6. The Morgan fingerprint density at radius 3 is 2.29 bits per heavy atom. The molecule has 2 aromatic carbocycles. The number of para-hydroxylation sites is 2. The molecule has 3 rings (SSSR count). The topological polar surface area (TPSA) is 72.9 Å². The number of rotatable bonds is 6. The van der Waals surface area contributed by atoms with Crippen LogP contribution in [0.2, 0.25) is 0 Å². The largest absolute Gasteiger partial charge is 0.478 e. The zero-order valence-corrected chi connectivity index (χ0v) is 16.0. The van der Waals surface area contributed by atoms with Gasteiger partial charge in [-0.15, -0.1) is 0 Å². The van der Waals surface area contributed by atoms with Crippen LogP contribution >= 0.6 is 0 Å². The van der Waals surface area contributed by atoms with Gasteiger partial charge in [-0.1, -0.05) is 49.4 Å². The van der Waals surface area contributed by atoms with E-state index in [-0.39, 0.29) is 5.57 Å². The van der Waals surface area contributed by atoms with Crippen LogP contribution in [0.4, 0.5) is 11.4 Å². The molecule has 0 bridgehead atoms. The molecule has 1 saturated heterocycles. The summed E-state index contributed by atoms with van der Waals surface area (Å²) in [6.45, 7) is 6.92. The third-order valence-electron chi connectivity index (χ3n) is 4.91. The second kappa shape index (κ2) is 9.19.